The van der Waals surface area contributed by atoms with E-state index in [9.17, 15) is 14.4 Å². The number of nitrogens with one attached hydrogen (secondary N) is 1. The Morgan fingerprint density at radius 2 is 1.89 bits per heavy atom. The molecule has 10 heteroatoms. The van der Waals surface area contributed by atoms with E-state index in [2.05, 4.69) is 15.2 Å². The zero-order chi connectivity index (χ0) is 26.0. The van der Waals surface area contributed by atoms with Gasteiger partial charge in [0.1, 0.15) is 11.7 Å². The molecule has 2 amide bonds. The molecule has 0 bridgehead atoms. The number of nitrogens with zero attached hydrogens (tertiary/aromatic N) is 3. The van der Waals surface area contributed by atoms with E-state index in [-0.39, 0.29) is 18.9 Å². The summed E-state index contributed by atoms with van der Waals surface area (Å²) in [7, 11) is 0. The van der Waals surface area contributed by atoms with Crippen molar-refractivity contribution in [3.63, 3.8) is 0 Å². The van der Waals surface area contributed by atoms with Gasteiger partial charge in [-0.3, -0.25) is 24.6 Å². The quantitative estimate of drug-likeness (QED) is 0.435. The molecule has 0 spiro atoms. The highest BCUT2D eigenvalue weighted by Crippen LogP contribution is 2.32. The van der Waals surface area contributed by atoms with Crippen molar-refractivity contribution in [1.82, 2.24) is 14.8 Å². The van der Waals surface area contributed by atoms with Crippen LogP contribution >= 0.6 is 11.3 Å². The lowest BCUT2D eigenvalue weighted by atomic mass is 10.0. The van der Waals surface area contributed by atoms with Crippen LogP contribution in [0.2, 0.25) is 0 Å². The van der Waals surface area contributed by atoms with Crippen molar-refractivity contribution in [2.75, 3.05) is 44.7 Å². The Hall–Kier alpha value is -3.44. The Morgan fingerprint density at radius 3 is 2.57 bits per heavy atom. The standard InChI is InChI=1S/C20H15N3O3S.C7H16N2O.H2/c24-11-15-12-27-20(21-15)22-18(25)17(13-6-2-1-3-7-13)23-10-14-8-4-5-9-16(14)19(23)26;8-2-1-3-9-4-6-10-7-5-9;/h1-9,11-12,17H,10H2,(H,21,22,25);1-8H2;1H/t17-;;/m1../s1. The topological polar surface area (TPSA) is 118 Å². The van der Waals surface area contributed by atoms with Crippen LogP contribution in [0.3, 0.4) is 0 Å². The number of anilines is 1. The van der Waals surface area contributed by atoms with Crippen LogP contribution in [0.15, 0.2) is 60.0 Å². The number of hydrogen-bond donors (Lipinski definition) is 2. The summed E-state index contributed by atoms with van der Waals surface area (Å²) in [5.74, 6) is -0.545. The number of hydrogen-bond acceptors (Lipinski definition) is 8. The minimum absolute atomic E-state index is 0. The van der Waals surface area contributed by atoms with Gasteiger partial charge in [-0.2, -0.15) is 0 Å². The predicted molar refractivity (Wildman–Crippen MR) is 145 cm³/mol. The van der Waals surface area contributed by atoms with E-state index in [0.29, 0.717) is 29.1 Å². The molecule has 1 atom stereocenters. The van der Waals surface area contributed by atoms with Crippen molar-refractivity contribution in [3.05, 3.63) is 82.4 Å². The van der Waals surface area contributed by atoms with E-state index in [0.717, 1.165) is 51.4 Å². The SMILES string of the molecule is NCCCN1CCOCC1.O=Cc1csc(NC(=O)[C@@H](c2ccccc2)N2Cc3ccccc3C2=O)n1.[HH]. The van der Waals surface area contributed by atoms with Crippen LogP contribution in [0, 0.1) is 0 Å². The molecule has 5 rings (SSSR count). The van der Waals surface area contributed by atoms with E-state index in [1.807, 2.05) is 48.5 Å². The average molecular weight is 524 g/mol. The first-order chi connectivity index (χ1) is 18.1. The maximum atomic E-state index is 13.1. The molecule has 3 aromatic rings. The summed E-state index contributed by atoms with van der Waals surface area (Å²) < 4.78 is 5.21. The van der Waals surface area contributed by atoms with E-state index >= 15 is 0 Å². The molecular formula is C27H33N5O4S. The van der Waals surface area contributed by atoms with Crippen molar-refractivity contribution in [2.24, 2.45) is 5.73 Å². The zero-order valence-electron chi connectivity index (χ0n) is 20.5. The first-order valence-corrected chi connectivity index (χ1v) is 13.1. The number of fused-ring (bicyclic) bond motifs is 1. The van der Waals surface area contributed by atoms with Gasteiger partial charge in [0.05, 0.1) is 13.2 Å². The van der Waals surface area contributed by atoms with E-state index in [1.165, 1.54) is 11.3 Å². The Balaban J connectivity index is 0.000000308. The highest BCUT2D eigenvalue weighted by molar-refractivity contribution is 7.14. The van der Waals surface area contributed by atoms with E-state index in [1.54, 1.807) is 16.3 Å². The summed E-state index contributed by atoms with van der Waals surface area (Å²) in [5.41, 5.74) is 7.87. The molecule has 0 radical (unpaired) electrons. The van der Waals surface area contributed by atoms with Gasteiger partial charge < -0.3 is 15.4 Å². The number of benzene rings is 2. The van der Waals surface area contributed by atoms with Crippen LogP contribution in [-0.2, 0) is 16.1 Å². The Labute approximate surface area is 221 Å². The third-order valence-electron chi connectivity index (χ3n) is 6.18. The molecule has 37 heavy (non-hydrogen) atoms. The van der Waals surface area contributed by atoms with Crippen LogP contribution in [0.5, 0.6) is 0 Å². The highest BCUT2D eigenvalue weighted by Gasteiger charge is 2.37. The predicted octanol–water partition coefficient (Wildman–Crippen LogP) is 3.20. The van der Waals surface area contributed by atoms with Gasteiger partial charge >= 0.3 is 0 Å². The van der Waals surface area contributed by atoms with Crippen molar-refractivity contribution in [1.29, 1.82) is 0 Å². The van der Waals surface area contributed by atoms with Crippen molar-refractivity contribution >= 4 is 34.6 Å². The maximum Gasteiger partial charge on any atom is 0.255 e. The van der Waals surface area contributed by atoms with Gasteiger partial charge in [-0.05, 0) is 36.7 Å². The van der Waals surface area contributed by atoms with Gasteiger partial charge in [-0.1, -0.05) is 48.5 Å². The summed E-state index contributed by atoms with van der Waals surface area (Å²) in [6.45, 7) is 6.26. The van der Waals surface area contributed by atoms with Crippen LogP contribution in [0.1, 0.15) is 45.9 Å². The molecule has 1 aromatic heterocycles. The summed E-state index contributed by atoms with van der Waals surface area (Å²) in [6, 6.07) is 15.7. The Kier molecular flexibility index (Phi) is 9.50. The summed E-state index contributed by atoms with van der Waals surface area (Å²) in [4.78, 5) is 44.8. The third kappa shape index (κ3) is 6.86. The second kappa shape index (κ2) is 13.2. The lowest BCUT2D eigenvalue weighted by Crippen LogP contribution is -2.37. The molecular weight excluding hydrogens is 490 g/mol. The first kappa shape index (κ1) is 26.6. The smallest absolute Gasteiger partial charge is 0.255 e. The molecule has 9 nitrogen and oxygen atoms in total. The first-order valence-electron chi connectivity index (χ1n) is 12.3. The van der Waals surface area contributed by atoms with Crippen LogP contribution in [-0.4, -0.2) is 72.3 Å². The van der Waals surface area contributed by atoms with Crippen molar-refractivity contribution < 1.29 is 20.5 Å². The van der Waals surface area contributed by atoms with Gasteiger partial charge in [0, 0.05) is 32.0 Å². The maximum absolute atomic E-state index is 13.1. The van der Waals surface area contributed by atoms with Gasteiger partial charge in [0.2, 0.25) is 0 Å². The molecule has 2 aliphatic heterocycles. The number of amides is 2. The number of carbonyl (C=O) groups is 3. The van der Waals surface area contributed by atoms with Gasteiger partial charge in [-0.25, -0.2) is 4.98 Å². The number of thiazole rings is 1. The van der Waals surface area contributed by atoms with Crippen molar-refractivity contribution in [2.45, 2.75) is 19.0 Å². The molecule has 0 unspecified atom stereocenters. The largest absolute Gasteiger partial charge is 0.379 e. The summed E-state index contributed by atoms with van der Waals surface area (Å²) >= 11 is 1.17. The normalized spacial score (nSPS) is 15.9. The molecule has 1 fully saturated rings. The minimum Gasteiger partial charge on any atom is -0.379 e. The fraction of sp³-hybridized carbons (Fsp3) is 0.333. The van der Waals surface area contributed by atoms with Crippen LogP contribution < -0.4 is 11.1 Å². The molecule has 3 N–H and O–H groups in total. The number of nitrogens with two attached hydrogens (primary N) is 1. The molecule has 2 aliphatic rings. The third-order valence-corrected chi connectivity index (χ3v) is 6.96. The van der Waals surface area contributed by atoms with Crippen LogP contribution in [0.4, 0.5) is 5.13 Å². The van der Waals surface area contributed by atoms with Crippen LogP contribution in [0.25, 0.3) is 0 Å². The molecule has 0 saturated carbocycles. The number of aldehydes is 1. The molecule has 0 aliphatic carbocycles. The molecule has 3 heterocycles. The second-order valence-corrected chi connectivity index (χ2v) is 9.54. The van der Waals surface area contributed by atoms with Crippen molar-refractivity contribution in [3.8, 4) is 0 Å². The second-order valence-electron chi connectivity index (χ2n) is 8.68. The van der Waals surface area contributed by atoms with E-state index < -0.39 is 6.04 Å². The summed E-state index contributed by atoms with van der Waals surface area (Å²) in [6.07, 6.45) is 1.74. The Morgan fingerprint density at radius 1 is 1.16 bits per heavy atom. The van der Waals surface area contributed by atoms with E-state index in [4.69, 9.17) is 10.5 Å². The number of ether oxygens (including phenoxy) is 1. The lowest BCUT2D eigenvalue weighted by Gasteiger charge is -2.27. The molecule has 2 aromatic carbocycles. The highest BCUT2D eigenvalue weighted by atomic mass is 32.1. The fourth-order valence-electron chi connectivity index (χ4n) is 4.30. The number of carbonyl (C=O) groups excluding carboxylic acids is 3. The summed E-state index contributed by atoms with van der Waals surface area (Å²) in [5, 5.41) is 4.63. The van der Waals surface area contributed by atoms with Gasteiger partial charge in [0.25, 0.3) is 11.8 Å². The monoisotopic (exact) mass is 523 g/mol. The zero-order valence-corrected chi connectivity index (χ0v) is 21.4. The fourth-order valence-corrected chi connectivity index (χ4v) is 4.96. The lowest BCUT2D eigenvalue weighted by molar-refractivity contribution is -0.120. The Bertz CT molecular complexity index is 1200. The van der Waals surface area contributed by atoms with Gasteiger partial charge in [-0.15, -0.1) is 11.3 Å². The van der Waals surface area contributed by atoms with Gasteiger partial charge in [0.15, 0.2) is 11.4 Å². The number of aromatic nitrogens is 1. The minimum atomic E-state index is -0.797. The average Bonchev–Trinajstić information content (AvgIpc) is 3.53. The number of morpholine rings is 1. The molecule has 196 valence electrons. The molecule has 1 saturated heterocycles. The number of rotatable bonds is 8.